The predicted molar refractivity (Wildman–Crippen MR) is 115 cm³/mol. The zero-order valence-corrected chi connectivity index (χ0v) is 18.5. The molecule has 0 fully saturated rings. The van der Waals surface area contributed by atoms with Crippen molar-refractivity contribution < 1.29 is 14.6 Å². The van der Waals surface area contributed by atoms with E-state index in [1.807, 2.05) is 45.1 Å². The Morgan fingerprint density at radius 2 is 1.85 bits per heavy atom. The van der Waals surface area contributed by atoms with Crippen LogP contribution in [0.2, 0.25) is 0 Å². The largest absolute Gasteiger partial charge is 0.382 e. The van der Waals surface area contributed by atoms with Crippen LogP contribution in [0.1, 0.15) is 74.1 Å². The van der Waals surface area contributed by atoms with E-state index in [-0.39, 0.29) is 11.7 Å². The quantitative estimate of drug-likeness (QED) is 0.369. The van der Waals surface area contributed by atoms with Gasteiger partial charge in [-0.3, -0.25) is 0 Å². The molecule has 1 aliphatic rings. The maximum absolute atomic E-state index is 10.7. The maximum atomic E-state index is 10.7. The highest BCUT2D eigenvalue weighted by molar-refractivity contribution is 5.34. The number of hydrogen-bond donors (Lipinski definition) is 1. The average Bonchev–Trinajstić information content (AvgIpc) is 2.54. The van der Waals surface area contributed by atoms with Crippen molar-refractivity contribution in [1.29, 1.82) is 0 Å². The Hall–Kier alpha value is -1.16. The van der Waals surface area contributed by atoms with E-state index in [0.29, 0.717) is 13.2 Å². The molecular weight excluding hydrogens is 336 g/mol. The molecule has 1 atom stereocenters. The molecule has 0 spiro atoms. The summed E-state index contributed by atoms with van der Waals surface area (Å²) in [5, 5.41) is 10.7. The zero-order chi connectivity index (χ0) is 20.5. The van der Waals surface area contributed by atoms with Gasteiger partial charge in [-0.05, 0) is 77.0 Å². The molecule has 0 bridgehead atoms. The van der Waals surface area contributed by atoms with Crippen LogP contribution in [0, 0.1) is 5.41 Å². The topological polar surface area (TPSA) is 38.7 Å². The molecular formula is C24H40O3. The van der Waals surface area contributed by atoms with Crippen LogP contribution in [-0.4, -0.2) is 30.2 Å². The van der Waals surface area contributed by atoms with Crippen molar-refractivity contribution in [1.82, 2.24) is 0 Å². The highest BCUT2D eigenvalue weighted by Gasteiger charge is 2.27. The van der Waals surface area contributed by atoms with Crippen LogP contribution in [0.25, 0.3) is 0 Å². The zero-order valence-electron chi connectivity index (χ0n) is 18.5. The minimum Gasteiger partial charge on any atom is -0.382 e. The van der Waals surface area contributed by atoms with Gasteiger partial charge in [-0.1, -0.05) is 43.2 Å². The van der Waals surface area contributed by atoms with Crippen LogP contribution in [0.15, 0.2) is 47.1 Å². The van der Waals surface area contributed by atoms with Crippen molar-refractivity contribution in [2.45, 2.75) is 86.0 Å². The van der Waals surface area contributed by atoms with E-state index in [9.17, 15) is 5.11 Å². The average molecular weight is 377 g/mol. The molecule has 27 heavy (non-hydrogen) atoms. The van der Waals surface area contributed by atoms with Crippen LogP contribution >= 0.6 is 0 Å². The highest BCUT2D eigenvalue weighted by atomic mass is 16.7. The van der Waals surface area contributed by atoms with Gasteiger partial charge in [0, 0.05) is 19.6 Å². The standard InChI is InChI=1S/C24H40O3/c1-8-26-22(27-9-2)18-19(3)12-10-16-24(7,25)17-14-21-20(4)13-11-15-23(21,5)6/h10,12,14,16-17,22,25H,8-9,11,13,15,18H2,1-7H3. The fourth-order valence-electron chi connectivity index (χ4n) is 3.59. The van der Waals surface area contributed by atoms with Gasteiger partial charge in [-0.15, -0.1) is 0 Å². The molecule has 1 rings (SSSR count). The van der Waals surface area contributed by atoms with E-state index in [1.165, 1.54) is 24.0 Å². The first kappa shape index (κ1) is 23.9. The third-order valence-electron chi connectivity index (χ3n) is 5.14. The normalized spacial score (nSPS) is 20.9. The van der Waals surface area contributed by atoms with Gasteiger partial charge in [-0.2, -0.15) is 0 Å². The lowest BCUT2D eigenvalue weighted by Gasteiger charge is -2.33. The van der Waals surface area contributed by atoms with Crippen molar-refractivity contribution in [2.24, 2.45) is 5.41 Å². The summed E-state index contributed by atoms with van der Waals surface area (Å²) in [4.78, 5) is 0. The molecule has 0 aromatic rings. The molecule has 0 saturated carbocycles. The lowest BCUT2D eigenvalue weighted by atomic mass is 9.72. The molecule has 0 radical (unpaired) electrons. The Labute approximate surface area is 166 Å². The van der Waals surface area contributed by atoms with Gasteiger partial charge < -0.3 is 14.6 Å². The third-order valence-corrected chi connectivity index (χ3v) is 5.14. The summed E-state index contributed by atoms with van der Waals surface area (Å²) in [6.07, 6.45) is 13.9. The first-order valence-electron chi connectivity index (χ1n) is 10.3. The van der Waals surface area contributed by atoms with Gasteiger partial charge in [-0.25, -0.2) is 0 Å². The fourth-order valence-corrected chi connectivity index (χ4v) is 3.59. The second-order valence-electron chi connectivity index (χ2n) is 8.41. The summed E-state index contributed by atoms with van der Waals surface area (Å²) in [5.74, 6) is 0. The molecule has 0 aromatic carbocycles. The number of rotatable bonds is 10. The molecule has 3 heteroatoms. The van der Waals surface area contributed by atoms with E-state index >= 15 is 0 Å². The van der Waals surface area contributed by atoms with E-state index in [4.69, 9.17) is 9.47 Å². The predicted octanol–water partition coefficient (Wildman–Crippen LogP) is 6.11. The van der Waals surface area contributed by atoms with E-state index in [0.717, 1.165) is 18.4 Å². The molecule has 1 N–H and O–H groups in total. The Morgan fingerprint density at radius 3 is 2.41 bits per heavy atom. The van der Waals surface area contributed by atoms with E-state index < -0.39 is 5.60 Å². The lowest BCUT2D eigenvalue weighted by molar-refractivity contribution is -0.134. The molecule has 0 aromatic heterocycles. The first-order chi connectivity index (χ1) is 12.6. The smallest absolute Gasteiger partial charge is 0.161 e. The molecule has 0 saturated heterocycles. The monoisotopic (exact) mass is 376 g/mol. The van der Waals surface area contributed by atoms with Gasteiger partial charge in [0.1, 0.15) is 0 Å². The van der Waals surface area contributed by atoms with Gasteiger partial charge >= 0.3 is 0 Å². The number of ether oxygens (including phenoxy) is 2. The van der Waals surface area contributed by atoms with Gasteiger partial charge in [0.2, 0.25) is 0 Å². The second-order valence-corrected chi connectivity index (χ2v) is 8.41. The Balaban J connectivity index is 2.75. The summed E-state index contributed by atoms with van der Waals surface area (Å²) >= 11 is 0. The van der Waals surface area contributed by atoms with Crippen LogP contribution in [0.4, 0.5) is 0 Å². The Morgan fingerprint density at radius 1 is 1.22 bits per heavy atom. The molecule has 0 amide bonds. The van der Waals surface area contributed by atoms with Crippen LogP contribution in [0.3, 0.4) is 0 Å². The highest BCUT2D eigenvalue weighted by Crippen LogP contribution is 2.40. The molecule has 3 nitrogen and oxygen atoms in total. The van der Waals surface area contributed by atoms with E-state index in [2.05, 4.69) is 33.8 Å². The van der Waals surface area contributed by atoms with Crippen molar-refractivity contribution in [3.63, 3.8) is 0 Å². The minimum absolute atomic E-state index is 0.183. The van der Waals surface area contributed by atoms with Gasteiger partial charge in [0.15, 0.2) is 6.29 Å². The SMILES string of the molecule is CCOC(CC(C)=CC=CC(C)(O)C=CC1=C(C)CCCC1(C)C)OCC. The third kappa shape index (κ3) is 8.59. The Kier molecular flexibility index (Phi) is 9.72. The van der Waals surface area contributed by atoms with Crippen molar-refractivity contribution in [2.75, 3.05) is 13.2 Å². The summed E-state index contributed by atoms with van der Waals surface area (Å²) in [6, 6.07) is 0. The minimum atomic E-state index is -0.975. The number of hydrogen-bond acceptors (Lipinski definition) is 3. The van der Waals surface area contributed by atoms with Crippen molar-refractivity contribution in [3.05, 3.63) is 47.1 Å². The van der Waals surface area contributed by atoms with Crippen molar-refractivity contribution in [3.8, 4) is 0 Å². The van der Waals surface area contributed by atoms with Crippen LogP contribution < -0.4 is 0 Å². The summed E-state index contributed by atoms with van der Waals surface area (Å²) < 4.78 is 11.2. The fraction of sp³-hybridized carbons (Fsp3) is 0.667. The number of aliphatic hydroxyl groups is 1. The lowest BCUT2D eigenvalue weighted by Crippen LogP contribution is -2.21. The Bertz CT molecular complexity index is 570. The second kappa shape index (κ2) is 11.0. The summed E-state index contributed by atoms with van der Waals surface area (Å²) in [7, 11) is 0. The van der Waals surface area contributed by atoms with Crippen molar-refractivity contribution >= 4 is 0 Å². The molecule has 1 aliphatic carbocycles. The van der Waals surface area contributed by atoms with Crippen LogP contribution in [0.5, 0.6) is 0 Å². The molecule has 0 aliphatic heterocycles. The van der Waals surface area contributed by atoms with Gasteiger partial charge in [0.05, 0.1) is 5.60 Å². The summed E-state index contributed by atoms with van der Waals surface area (Å²) in [6.45, 7) is 15.9. The van der Waals surface area contributed by atoms with E-state index in [1.54, 1.807) is 0 Å². The summed E-state index contributed by atoms with van der Waals surface area (Å²) in [5.41, 5.74) is 3.17. The maximum Gasteiger partial charge on any atom is 0.161 e. The van der Waals surface area contributed by atoms with Crippen LogP contribution in [-0.2, 0) is 9.47 Å². The van der Waals surface area contributed by atoms with Gasteiger partial charge in [0.25, 0.3) is 0 Å². The first-order valence-corrected chi connectivity index (χ1v) is 10.3. The number of allylic oxidation sites excluding steroid dienone is 5. The molecule has 1 unspecified atom stereocenters. The molecule has 0 heterocycles. The molecule has 154 valence electrons.